The zero-order chi connectivity index (χ0) is 21.1. The van der Waals surface area contributed by atoms with Crippen LogP contribution in [0.5, 0.6) is 0 Å². The Balaban J connectivity index is 1.46. The molecule has 1 unspecified atom stereocenters. The molecule has 1 saturated heterocycles. The van der Waals surface area contributed by atoms with Gasteiger partial charge in [-0.25, -0.2) is 18.7 Å². The molecule has 0 bridgehead atoms. The molecule has 8 nitrogen and oxygen atoms in total. The Labute approximate surface area is 172 Å². The van der Waals surface area contributed by atoms with Crippen LogP contribution in [0.1, 0.15) is 43.1 Å². The summed E-state index contributed by atoms with van der Waals surface area (Å²) in [5.74, 6) is -0.0314. The van der Waals surface area contributed by atoms with Gasteiger partial charge in [0.05, 0.1) is 12.1 Å². The molecule has 1 atom stereocenters. The molecule has 2 aromatic heterocycles. The molecule has 1 aliphatic rings. The molecule has 2 N–H and O–H groups in total. The van der Waals surface area contributed by atoms with E-state index in [9.17, 15) is 8.78 Å². The summed E-state index contributed by atoms with van der Waals surface area (Å²) < 4.78 is 34.6. The second-order valence-corrected chi connectivity index (χ2v) is 7.25. The van der Waals surface area contributed by atoms with Crippen molar-refractivity contribution in [3.8, 4) is 0 Å². The summed E-state index contributed by atoms with van der Waals surface area (Å²) in [7, 11) is 0. The van der Waals surface area contributed by atoms with E-state index in [2.05, 4.69) is 30.7 Å². The normalized spacial score (nSPS) is 15.7. The fourth-order valence-corrected chi connectivity index (χ4v) is 3.51. The molecule has 1 aliphatic heterocycles. The van der Waals surface area contributed by atoms with Crippen molar-refractivity contribution in [2.24, 2.45) is 0 Å². The van der Waals surface area contributed by atoms with Crippen LogP contribution in [-0.2, 0) is 4.74 Å². The van der Waals surface area contributed by atoms with Gasteiger partial charge in [0.2, 0.25) is 11.9 Å². The first-order valence-electron chi connectivity index (χ1n) is 9.81. The van der Waals surface area contributed by atoms with Crippen molar-refractivity contribution in [2.45, 2.75) is 38.8 Å². The summed E-state index contributed by atoms with van der Waals surface area (Å²) in [4.78, 5) is 12.5. The molecule has 10 heteroatoms. The lowest BCUT2D eigenvalue weighted by Gasteiger charge is -2.23. The van der Waals surface area contributed by atoms with Gasteiger partial charge in [-0.15, -0.1) is 0 Å². The SMILES string of the molecule is Cc1cc(Nc2ncnc(NC(C)c3ccc(F)cc3F)n2)nn1C1CCOCC1. The molecule has 0 saturated carbocycles. The number of rotatable bonds is 6. The van der Waals surface area contributed by atoms with Gasteiger partial charge in [-0.05, 0) is 32.8 Å². The summed E-state index contributed by atoms with van der Waals surface area (Å²) in [6.07, 6.45) is 3.22. The smallest absolute Gasteiger partial charge is 0.233 e. The number of ether oxygens (including phenoxy) is 1. The highest BCUT2D eigenvalue weighted by molar-refractivity contribution is 5.49. The Bertz CT molecular complexity index is 1020. The third-order valence-corrected chi connectivity index (χ3v) is 5.05. The van der Waals surface area contributed by atoms with Crippen LogP contribution in [0.2, 0.25) is 0 Å². The molecule has 158 valence electrons. The van der Waals surface area contributed by atoms with E-state index in [1.807, 2.05) is 17.7 Å². The van der Waals surface area contributed by atoms with Crippen molar-refractivity contribution >= 4 is 17.7 Å². The van der Waals surface area contributed by atoms with Crippen LogP contribution in [-0.4, -0.2) is 37.9 Å². The topological polar surface area (TPSA) is 89.8 Å². The first kappa shape index (κ1) is 20.1. The van der Waals surface area contributed by atoms with Crippen molar-refractivity contribution in [1.29, 1.82) is 0 Å². The maximum absolute atomic E-state index is 14.0. The Morgan fingerprint density at radius 1 is 1.13 bits per heavy atom. The van der Waals surface area contributed by atoms with Crippen molar-refractivity contribution < 1.29 is 13.5 Å². The molecule has 0 radical (unpaired) electrons. The van der Waals surface area contributed by atoms with E-state index >= 15 is 0 Å². The molecule has 0 spiro atoms. The number of aryl methyl sites for hydroxylation is 1. The highest BCUT2D eigenvalue weighted by atomic mass is 19.1. The third kappa shape index (κ3) is 4.54. The Morgan fingerprint density at radius 3 is 2.67 bits per heavy atom. The number of nitrogens with zero attached hydrogens (tertiary/aromatic N) is 5. The second kappa shape index (κ2) is 8.70. The Hall–Kier alpha value is -3.14. The minimum atomic E-state index is -0.628. The van der Waals surface area contributed by atoms with Crippen LogP contribution in [0.4, 0.5) is 26.5 Å². The van der Waals surface area contributed by atoms with E-state index in [0.717, 1.165) is 37.8 Å². The third-order valence-electron chi connectivity index (χ3n) is 5.05. The number of aromatic nitrogens is 5. The highest BCUT2D eigenvalue weighted by Crippen LogP contribution is 2.25. The molecule has 3 aromatic rings. The Kier molecular flexibility index (Phi) is 5.84. The van der Waals surface area contributed by atoms with E-state index in [-0.39, 0.29) is 5.95 Å². The van der Waals surface area contributed by atoms with Gasteiger partial charge in [0, 0.05) is 36.6 Å². The van der Waals surface area contributed by atoms with Crippen molar-refractivity contribution in [3.63, 3.8) is 0 Å². The number of anilines is 3. The van der Waals surface area contributed by atoms with Gasteiger partial charge in [-0.1, -0.05) is 6.07 Å². The average Bonchev–Trinajstić information content (AvgIpc) is 3.08. The molecular weight excluding hydrogens is 392 g/mol. The van der Waals surface area contributed by atoms with Gasteiger partial charge in [0.25, 0.3) is 0 Å². The zero-order valence-electron chi connectivity index (χ0n) is 16.8. The fourth-order valence-electron chi connectivity index (χ4n) is 3.51. The zero-order valence-corrected chi connectivity index (χ0v) is 16.8. The van der Waals surface area contributed by atoms with Gasteiger partial charge in [-0.2, -0.15) is 10.1 Å². The number of benzene rings is 1. The highest BCUT2D eigenvalue weighted by Gasteiger charge is 2.19. The second-order valence-electron chi connectivity index (χ2n) is 7.25. The van der Waals surface area contributed by atoms with Gasteiger partial charge < -0.3 is 15.4 Å². The lowest BCUT2D eigenvalue weighted by Crippen LogP contribution is -2.21. The maximum atomic E-state index is 14.0. The summed E-state index contributed by atoms with van der Waals surface area (Å²) in [6.45, 7) is 5.23. The van der Waals surface area contributed by atoms with Crippen LogP contribution >= 0.6 is 0 Å². The van der Waals surface area contributed by atoms with Crippen LogP contribution < -0.4 is 10.6 Å². The molecular formula is C20H23F2N7O. The van der Waals surface area contributed by atoms with Crippen molar-refractivity contribution in [1.82, 2.24) is 24.7 Å². The van der Waals surface area contributed by atoms with E-state index in [0.29, 0.717) is 23.4 Å². The van der Waals surface area contributed by atoms with Crippen molar-refractivity contribution in [2.75, 3.05) is 23.8 Å². The lowest BCUT2D eigenvalue weighted by atomic mass is 10.1. The van der Waals surface area contributed by atoms with Crippen LogP contribution in [0, 0.1) is 18.6 Å². The summed E-state index contributed by atoms with van der Waals surface area (Å²) in [6, 6.07) is 5.25. The molecule has 1 fully saturated rings. The quantitative estimate of drug-likeness (QED) is 0.631. The first-order chi connectivity index (χ1) is 14.5. The molecule has 1 aromatic carbocycles. The largest absolute Gasteiger partial charge is 0.381 e. The van der Waals surface area contributed by atoms with Crippen LogP contribution in [0.25, 0.3) is 0 Å². The maximum Gasteiger partial charge on any atom is 0.233 e. The summed E-state index contributed by atoms with van der Waals surface area (Å²) in [5, 5.41) is 10.7. The van der Waals surface area contributed by atoms with Gasteiger partial charge in [0.1, 0.15) is 18.0 Å². The van der Waals surface area contributed by atoms with Gasteiger partial charge in [-0.3, -0.25) is 4.68 Å². The fraction of sp³-hybridized carbons (Fsp3) is 0.400. The average molecular weight is 415 g/mol. The van der Waals surface area contributed by atoms with Crippen molar-refractivity contribution in [3.05, 3.63) is 53.5 Å². The first-order valence-corrected chi connectivity index (χ1v) is 9.81. The predicted molar refractivity (Wildman–Crippen MR) is 108 cm³/mol. The number of nitrogens with one attached hydrogen (secondary N) is 2. The molecule has 4 rings (SSSR count). The number of hydrogen-bond donors (Lipinski definition) is 2. The molecule has 30 heavy (non-hydrogen) atoms. The van der Waals surface area contributed by atoms with Crippen LogP contribution in [0.15, 0.2) is 30.6 Å². The number of hydrogen-bond acceptors (Lipinski definition) is 7. The predicted octanol–water partition coefficient (Wildman–Crippen LogP) is 3.92. The van der Waals surface area contributed by atoms with Gasteiger partial charge in [0.15, 0.2) is 5.82 Å². The van der Waals surface area contributed by atoms with E-state index in [4.69, 9.17) is 4.74 Å². The number of halogens is 2. The van der Waals surface area contributed by atoms with Crippen LogP contribution in [0.3, 0.4) is 0 Å². The molecule has 3 heterocycles. The Morgan fingerprint density at radius 2 is 1.90 bits per heavy atom. The van der Waals surface area contributed by atoms with E-state index in [1.165, 1.54) is 18.5 Å². The molecule has 0 amide bonds. The molecule has 0 aliphatic carbocycles. The minimum absolute atomic E-state index is 0.268. The monoisotopic (exact) mass is 415 g/mol. The minimum Gasteiger partial charge on any atom is -0.381 e. The lowest BCUT2D eigenvalue weighted by molar-refractivity contribution is 0.0657. The van der Waals surface area contributed by atoms with E-state index in [1.54, 1.807) is 6.92 Å². The summed E-state index contributed by atoms with van der Waals surface area (Å²) in [5.41, 5.74) is 1.36. The standard InChI is InChI=1S/C20H23F2N7O/c1-12-9-18(28-29(12)15-5-7-30-8-6-15)26-20-24-11-23-19(27-20)25-13(2)16-4-3-14(21)10-17(16)22/h3-4,9-11,13,15H,5-8H2,1-2H3,(H2,23,24,25,26,27,28). The van der Waals surface area contributed by atoms with Gasteiger partial charge >= 0.3 is 0 Å². The van der Waals surface area contributed by atoms with E-state index < -0.39 is 17.7 Å². The summed E-state index contributed by atoms with van der Waals surface area (Å²) >= 11 is 0.